The molecule has 2 amide bonds. The summed E-state index contributed by atoms with van der Waals surface area (Å²) in [5.74, 6) is 0.550. The van der Waals surface area contributed by atoms with Gasteiger partial charge in [-0.05, 0) is 35.9 Å². The number of carbonyl (C=O) groups excluding carboxylic acids is 2. The SMILES string of the molecule is CN(C)C(=O)c1ccc(CNC(=O)c2ccccc2COc2ccccc2)cc1. The van der Waals surface area contributed by atoms with Crippen molar-refractivity contribution < 1.29 is 14.3 Å². The van der Waals surface area contributed by atoms with Crippen molar-refractivity contribution in [2.45, 2.75) is 13.2 Å². The normalized spacial score (nSPS) is 10.3. The number of nitrogens with zero attached hydrogens (tertiary/aromatic N) is 1. The monoisotopic (exact) mass is 388 g/mol. The van der Waals surface area contributed by atoms with Crippen LogP contribution in [0.1, 0.15) is 31.8 Å². The summed E-state index contributed by atoms with van der Waals surface area (Å²) in [5.41, 5.74) is 2.95. The number of hydrogen-bond donors (Lipinski definition) is 1. The molecule has 0 saturated carbocycles. The van der Waals surface area contributed by atoms with Crippen LogP contribution in [-0.4, -0.2) is 30.8 Å². The van der Waals surface area contributed by atoms with Crippen molar-refractivity contribution in [3.8, 4) is 5.75 Å². The first-order valence-corrected chi connectivity index (χ1v) is 9.39. The molecule has 0 aliphatic heterocycles. The standard InChI is InChI=1S/C24H24N2O3/c1-26(2)24(28)19-14-12-18(13-15-19)16-25-23(27)22-11-7-6-8-20(22)17-29-21-9-4-3-5-10-21/h3-15H,16-17H2,1-2H3,(H,25,27). The molecule has 0 aliphatic rings. The zero-order valence-corrected chi connectivity index (χ0v) is 16.6. The number of amides is 2. The molecule has 0 fully saturated rings. The van der Waals surface area contributed by atoms with Crippen LogP contribution in [0.3, 0.4) is 0 Å². The molecule has 0 saturated heterocycles. The smallest absolute Gasteiger partial charge is 0.253 e. The van der Waals surface area contributed by atoms with E-state index in [2.05, 4.69) is 5.32 Å². The number of para-hydroxylation sites is 1. The summed E-state index contributed by atoms with van der Waals surface area (Å²) in [5, 5.41) is 2.94. The third kappa shape index (κ3) is 5.45. The van der Waals surface area contributed by atoms with E-state index in [0.717, 1.165) is 16.9 Å². The first-order valence-electron chi connectivity index (χ1n) is 9.39. The number of hydrogen-bond acceptors (Lipinski definition) is 3. The van der Waals surface area contributed by atoms with Gasteiger partial charge in [0, 0.05) is 37.3 Å². The molecule has 3 aromatic carbocycles. The molecular weight excluding hydrogens is 364 g/mol. The van der Waals surface area contributed by atoms with Gasteiger partial charge in [-0.15, -0.1) is 0 Å². The zero-order chi connectivity index (χ0) is 20.6. The topological polar surface area (TPSA) is 58.6 Å². The first kappa shape index (κ1) is 20.1. The minimum atomic E-state index is -0.161. The second-order valence-corrected chi connectivity index (χ2v) is 6.84. The van der Waals surface area contributed by atoms with E-state index >= 15 is 0 Å². The van der Waals surface area contributed by atoms with Crippen LogP contribution in [-0.2, 0) is 13.2 Å². The number of carbonyl (C=O) groups is 2. The first-order chi connectivity index (χ1) is 14.0. The largest absolute Gasteiger partial charge is 0.489 e. The number of ether oxygens (including phenoxy) is 1. The molecule has 3 aromatic rings. The van der Waals surface area contributed by atoms with Crippen LogP contribution < -0.4 is 10.1 Å². The van der Waals surface area contributed by atoms with Crippen LogP contribution in [0.5, 0.6) is 5.75 Å². The fourth-order valence-corrected chi connectivity index (χ4v) is 2.85. The van der Waals surface area contributed by atoms with Crippen molar-refractivity contribution in [3.05, 3.63) is 101 Å². The van der Waals surface area contributed by atoms with Crippen LogP contribution in [0.2, 0.25) is 0 Å². The van der Waals surface area contributed by atoms with E-state index in [1.807, 2.05) is 60.7 Å². The molecule has 148 valence electrons. The highest BCUT2D eigenvalue weighted by Gasteiger charge is 2.12. The second kappa shape index (κ2) is 9.55. The van der Waals surface area contributed by atoms with Gasteiger partial charge < -0.3 is 15.0 Å². The summed E-state index contributed by atoms with van der Waals surface area (Å²) < 4.78 is 5.78. The van der Waals surface area contributed by atoms with E-state index in [1.54, 1.807) is 32.3 Å². The number of benzene rings is 3. The summed E-state index contributed by atoms with van der Waals surface area (Å²) in [6.45, 7) is 0.693. The minimum absolute atomic E-state index is 0.0482. The molecule has 5 nitrogen and oxygen atoms in total. The Labute approximate surface area is 170 Å². The molecular formula is C24H24N2O3. The van der Waals surface area contributed by atoms with Gasteiger partial charge in [-0.25, -0.2) is 0 Å². The highest BCUT2D eigenvalue weighted by molar-refractivity contribution is 5.95. The fourth-order valence-electron chi connectivity index (χ4n) is 2.85. The van der Waals surface area contributed by atoms with Crippen LogP contribution >= 0.6 is 0 Å². The van der Waals surface area contributed by atoms with E-state index in [1.165, 1.54) is 4.90 Å². The molecule has 1 N–H and O–H groups in total. The van der Waals surface area contributed by atoms with Gasteiger partial charge in [-0.3, -0.25) is 9.59 Å². The Morgan fingerprint density at radius 2 is 1.52 bits per heavy atom. The predicted molar refractivity (Wildman–Crippen MR) is 113 cm³/mol. The average Bonchev–Trinajstić information content (AvgIpc) is 2.76. The number of nitrogens with one attached hydrogen (secondary N) is 1. The minimum Gasteiger partial charge on any atom is -0.489 e. The maximum Gasteiger partial charge on any atom is 0.253 e. The number of rotatable bonds is 7. The van der Waals surface area contributed by atoms with Crippen molar-refractivity contribution in [1.29, 1.82) is 0 Å². The lowest BCUT2D eigenvalue weighted by molar-refractivity contribution is 0.0827. The summed E-state index contributed by atoms with van der Waals surface area (Å²) in [6, 6.07) is 24.1. The van der Waals surface area contributed by atoms with Crippen molar-refractivity contribution in [1.82, 2.24) is 10.2 Å². The van der Waals surface area contributed by atoms with E-state index in [4.69, 9.17) is 4.74 Å². The predicted octanol–water partition coefficient (Wildman–Crippen LogP) is 3.90. The van der Waals surface area contributed by atoms with E-state index in [9.17, 15) is 9.59 Å². The lowest BCUT2D eigenvalue weighted by atomic mass is 10.1. The fraction of sp³-hybridized carbons (Fsp3) is 0.167. The van der Waals surface area contributed by atoms with Gasteiger partial charge in [-0.1, -0.05) is 48.5 Å². The maximum absolute atomic E-state index is 12.7. The van der Waals surface area contributed by atoms with Gasteiger partial charge in [-0.2, -0.15) is 0 Å². The maximum atomic E-state index is 12.7. The van der Waals surface area contributed by atoms with Gasteiger partial charge in [0.1, 0.15) is 12.4 Å². The Morgan fingerprint density at radius 3 is 2.21 bits per heavy atom. The third-order valence-electron chi connectivity index (χ3n) is 4.46. The summed E-state index contributed by atoms with van der Waals surface area (Å²) in [6.07, 6.45) is 0. The molecule has 0 heterocycles. The van der Waals surface area contributed by atoms with Crippen molar-refractivity contribution >= 4 is 11.8 Å². The van der Waals surface area contributed by atoms with Crippen LogP contribution in [0, 0.1) is 0 Å². The van der Waals surface area contributed by atoms with Crippen molar-refractivity contribution in [2.24, 2.45) is 0 Å². The van der Waals surface area contributed by atoms with Crippen LogP contribution in [0.4, 0.5) is 0 Å². The molecule has 0 spiro atoms. The van der Waals surface area contributed by atoms with E-state index in [0.29, 0.717) is 24.3 Å². The molecule has 0 bridgehead atoms. The Balaban J connectivity index is 1.61. The Bertz CT molecular complexity index is 967. The van der Waals surface area contributed by atoms with Gasteiger partial charge in [0.15, 0.2) is 0 Å². The van der Waals surface area contributed by atoms with Crippen LogP contribution in [0.15, 0.2) is 78.9 Å². The molecule has 0 aromatic heterocycles. The molecule has 29 heavy (non-hydrogen) atoms. The lowest BCUT2D eigenvalue weighted by Crippen LogP contribution is -2.24. The molecule has 3 rings (SSSR count). The molecule has 0 atom stereocenters. The van der Waals surface area contributed by atoms with Crippen LogP contribution in [0.25, 0.3) is 0 Å². The Kier molecular flexibility index (Phi) is 6.63. The van der Waals surface area contributed by atoms with Crippen molar-refractivity contribution in [2.75, 3.05) is 14.1 Å². The molecule has 5 heteroatoms. The summed E-state index contributed by atoms with van der Waals surface area (Å²) in [4.78, 5) is 26.2. The molecule has 0 radical (unpaired) electrons. The molecule has 0 aliphatic carbocycles. The Morgan fingerprint density at radius 1 is 0.862 bits per heavy atom. The van der Waals surface area contributed by atoms with Gasteiger partial charge in [0.2, 0.25) is 0 Å². The van der Waals surface area contributed by atoms with Gasteiger partial charge in [0.25, 0.3) is 11.8 Å². The summed E-state index contributed by atoms with van der Waals surface area (Å²) >= 11 is 0. The third-order valence-corrected chi connectivity index (χ3v) is 4.46. The average molecular weight is 388 g/mol. The lowest BCUT2D eigenvalue weighted by Gasteiger charge is -2.12. The van der Waals surface area contributed by atoms with Crippen molar-refractivity contribution in [3.63, 3.8) is 0 Å². The van der Waals surface area contributed by atoms with E-state index < -0.39 is 0 Å². The highest BCUT2D eigenvalue weighted by atomic mass is 16.5. The van der Waals surface area contributed by atoms with Gasteiger partial charge >= 0.3 is 0 Å². The molecule has 0 unspecified atom stereocenters. The zero-order valence-electron chi connectivity index (χ0n) is 16.6. The summed E-state index contributed by atoms with van der Waals surface area (Å²) in [7, 11) is 3.44. The second-order valence-electron chi connectivity index (χ2n) is 6.84. The quantitative estimate of drug-likeness (QED) is 0.668. The van der Waals surface area contributed by atoms with E-state index in [-0.39, 0.29) is 11.8 Å². The highest BCUT2D eigenvalue weighted by Crippen LogP contribution is 2.15. The Hall–Kier alpha value is -3.60. The van der Waals surface area contributed by atoms with Gasteiger partial charge in [0.05, 0.1) is 0 Å².